The van der Waals surface area contributed by atoms with Crippen LogP contribution in [0.1, 0.15) is 29.6 Å². The summed E-state index contributed by atoms with van der Waals surface area (Å²) >= 11 is 0. The Labute approximate surface area is 163 Å². The first-order valence-corrected chi connectivity index (χ1v) is 8.59. The van der Waals surface area contributed by atoms with Crippen LogP contribution < -0.4 is 5.43 Å². The number of rotatable bonds is 5. The van der Waals surface area contributed by atoms with Gasteiger partial charge in [0, 0.05) is 24.8 Å². The van der Waals surface area contributed by atoms with E-state index in [-0.39, 0.29) is 17.2 Å². The highest BCUT2D eigenvalue weighted by molar-refractivity contribution is 5.81. The first-order chi connectivity index (χ1) is 13.6. The van der Waals surface area contributed by atoms with E-state index in [9.17, 15) is 17.6 Å². The Bertz CT molecular complexity index is 1060. The van der Waals surface area contributed by atoms with Crippen LogP contribution in [-0.2, 0) is 19.8 Å². The highest BCUT2D eigenvalue weighted by Gasteiger charge is 2.34. The van der Waals surface area contributed by atoms with Crippen LogP contribution in [0, 0.1) is 19.8 Å². The molecule has 0 aliphatic rings. The van der Waals surface area contributed by atoms with Crippen LogP contribution in [0.5, 0.6) is 0 Å². The van der Waals surface area contributed by atoms with E-state index >= 15 is 0 Å². The Morgan fingerprint density at radius 3 is 2.52 bits per heavy atom. The van der Waals surface area contributed by atoms with E-state index in [1.807, 2.05) is 6.92 Å². The quantitative estimate of drug-likeness (QED) is 0.396. The van der Waals surface area contributed by atoms with Crippen molar-refractivity contribution in [1.29, 1.82) is 0 Å². The minimum absolute atomic E-state index is 0.0472. The van der Waals surface area contributed by atoms with Crippen molar-refractivity contribution in [2.24, 2.45) is 12.1 Å². The normalized spacial score (nSPS) is 12.1. The monoisotopic (exact) mass is 410 g/mol. The largest absolute Gasteiger partial charge is 0.433 e. The van der Waals surface area contributed by atoms with Crippen molar-refractivity contribution in [1.82, 2.24) is 29.5 Å². The summed E-state index contributed by atoms with van der Waals surface area (Å²) in [4.78, 5) is 7.57. The topological polar surface area (TPSA) is 85.8 Å². The second-order valence-electron chi connectivity index (χ2n) is 6.20. The lowest BCUT2D eigenvalue weighted by Gasteiger charge is -2.10. The maximum absolute atomic E-state index is 13.9. The Morgan fingerprint density at radius 1 is 1.24 bits per heavy atom. The fraction of sp³-hybridized carbons (Fsp3) is 0.353. The maximum Gasteiger partial charge on any atom is 0.433 e. The van der Waals surface area contributed by atoms with Gasteiger partial charge in [0.25, 0.3) is 0 Å². The highest BCUT2D eigenvalue weighted by Crippen LogP contribution is 2.32. The lowest BCUT2D eigenvalue weighted by molar-refractivity contribution is -0.141. The molecule has 0 aliphatic carbocycles. The van der Waals surface area contributed by atoms with Gasteiger partial charge in [-0.2, -0.15) is 32.9 Å². The molecule has 3 aromatic heterocycles. The third-order valence-corrected chi connectivity index (χ3v) is 4.25. The van der Waals surface area contributed by atoms with Crippen molar-refractivity contribution < 1.29 is 17.6 Å². The van der Waals surface area contributed by atoms with Gasteiger partial charge in [0.05, 0.1) is 29.4 Å². The molecule has 3 aromatic rings. The zero-order valence-corrected chi connectivity index (χ0v) is 16.1. The fourth-order valence-electron chi connectivity index (χ4n) is 2.74. The van der Waals surface area contributed by atoms with Crippen molar-refractivity contribution in [2.45, 2.75) is 33.5 Å². The van der Waals surface area contributed by atoms with Gasteiger partial charge in [-0.25, -0.2) is 20.1 Å². The summed E-state index contributed by atoms with van der Waals surface area (Å²) in [6.07, 6.45) is -2.12. The van der Waals surface area contributed by atoms with Crippen LogP contribution in [0.25, 0.3) is 11.3 Å². The molecule has 1 N–H and O–H groups in total. The van der Waals surface area contributed by atoms with E-state index < -0.39 is 17.8 Å². The van der Waals surface area contributed by atoms with E-state index in [2.05, 4.69) is 30.7 Å². The van der Waals surface area contributed by atoms with Gasteiger partial charge in [0.2, 0.25) is 11.9 Å². The van der Waals surface area contributed by atoms with Gasteiger partial charge in [-0.15, -0.1) is 0 Å². The summed E-state index contributed by atoms with van der Waals surface area (Å²) in [7, 11) is 1.42. The highest BCUT2D eigenvalue weighted by atomic mass is 19.4. The number of anilines is 1. The van der Waals surface area contributed by atoms with Crippen molar-refractivity contribution in [2.75, 3.05) is 5.43 Å². The second kappa shape index (κ2) is 7.60. The molecule has 3 rings (SSSR count). The molecule has 0 aromatic carbocycles. The smallest absolute Gasteiger partial charge is 0.269 e. The van der Waals surface area contributed by atoms with Gasteiger partial charge < -0.3 is 0 Å². The molecule has 12 heteroatoms. The number of aromatic nitrogens is 6. The summed E-state index contributed by atoms with van der Waals surface area (Å²) in [6.45, 7) is 5.75. The molecule has 0 fully saturated rings. The molecule has 0 spiro atoms. The van der Waals surface area contributed by atoms with Gasteiger partial charge in [0.1, 0.15) is 0 Å². The van der Waals surface area contributed by atoms with Crippen molar-refractivity contribution in [3.05, 3.63) is 40.9 Å². The summed E-state index contributed by atoms with van der Waals surface area (Å²) in [5.41, 5.74) is 2.85. The lowest BCUT2D eigenvalue weighted by atomic mass is 10.1. The zero-order chi connectivity index (χ0) is 21.3. The number of hydrogen-bond donors (Lipinski definition) is 1. The third kappa shape index (κ3) is 4.10. The van der Waals surface area contributed by atoms with Gasteiger partial charge in [-0.3, -0.25) is 4.68 Å². The molecule has 0 bridgehead atoms. The van der Waals surface area contributed by atoms with Crippen LogP contribution in [0.3, 0.4) is 0 Å². The molecule has 0 saturated heterocycles. The fourth-order valence-corrected chi connectivity index (χ4v) is 2.74. The number of hydrogen-bond acceptors (Lipinski definition) is 6. The minimum atomic E-state index is -4.68. The summed E-state index contributed by atoms with van der Waals surface area (Å²) in [5.74, 6) is -1.00. The Morgan fingerprint density at radius 2 is 1.97 bits per heavy atom. The Balaban J connectivity index is 1.97. The number of alkyl halides is 3. The zero-order valence-electron chi connectivity index (χ0n) is 16.1. The standard InChI is InChI=1S/C17H18F4N8/c1-5-29-10(3)12(8-23-29)13-6-14(17(19,20)21)25-16(24-13)26-22-7-11-9(2)27-28(4)15(11)18/h6-8H,5H2,1-4H3,(H,24,25,26)/b22-7-. The summed E-state index contributed by atoms with van der Waals surface area (Å²) in [5, 5.41) is 11.8. The van der Waals surface area contributed by atoms with E-state index in [1.54, 1.807) is 18.5 Å². The molecule has 0 aliphatic heterocycles. The Kier molecular flexibility index (Phi) is 5.36. The van der Waals surface area contributed by atoms with Crippen LogP contribution in [0.2, 0.25) is 0 Å². The van der Waals surface area contributed by atoms with Crippen LogP contribution in [0.15, 0.2) is 17.4 Å². The summed E-state index contributed by atoms with van der Waals surface area (Å²) < 4.78 is 56.5. The van der Waals surface area contributed by atoms with Crippen molar-refractivity contribution in [3.63, 3.8) is 0 Å². The number of halogens is 4. The number of hydrazone groups is 1. The molecule has 154 valence electrons. The average molecular weight is 410 g/mol. The molecule has 3 heterocycles. The molecule has 0 unspecified atom stereocenters. The van der Waals surface area contributed by atoms with Gasteiger partial charge >= 0.3 is 6.18 Å². The number of nitrogens with one attached hydrogen (secondary N) is 1. The molecular formula is C17H18F4N8. The van der Waals surface area contributed by atoms with E-state index in [4.69, 9.17) is 0 Å². The van der Waals surface area contributed by atoms with E-state index in [0.29, 0.717) is 23.5 Å². The van der Waals surface area contributed by atoms with E-state index in [0.717, 1.165) is 17.0 Å². The SMILES string of the molecule is CCn1ncc(-c2cc(C(F)(F)F)nc(N/N=C\c3c(C)nn(C)c3F)n2)c1C. The first-order valence-electron chi connectivity index (χ1n) is 8.59. The van der Waals surface area contributed by atoms with Gasteiger partial charge in [0.15, 0.2) is 5.69 Å². The first kappa shape index (κ1) is 20.4. The number of aryl methyl sites for hydroxylation is 3. The lowest BCUT2D eigenvalue weighted by Crippen LogP contribution is -2.11. The molecule has 29 heavy (non-hydrogen) atoms. The maximum atomic E-state index is 13.9. The molecule has 8 nitrogen and oxygen atoms in total. The summed E-state index contributed by atoms with van der Waals surface area (Å²) in [6, 6.07) is 0.851. The van der Waals surface area contributed by atoms with Gasteiger partial charge in [-0.1, -0.05) is 0 Å². The minimum Gasteiger partial charge on any atom is -0.269 e. The third-order valence-electron chi connectivity index (χ3n) is 4.25. The predicted molar refractivity (Wildman–Crippen MR) is 97.8 cm³/mol. The second-order valence-corrected chi connectivity index (χ2v) is 6.20. The molecular weight excluding hydrogens is 392 g/mol. The van der Waals surface area contributed by atoms with Crippen molar-refractivity contribution in [3.8, 4) is 11.3 Å². The molecule has 0 amide bonds. The molecule has 0 saturated carbocycles. The molecule has 0 atom stereocenters. The van der Waals surface area contributed by atoms with Gasteiger partial charge in [-0.05, 0) is 26.8 Å². The Hall–Kier alpha value is -3.31. The van der Waals surface area contributed by atoms with Crippen LogP contribution >= 0.6 is 0 Å². The average Bonchev–Trinajstić information content (AvgIpc) is 3.14. The predicted octanol–water partition coefficient (Wildman–Crippen LogP) is 3.31. The van der Waals surface area contributed by atoms with Crippen LogP contribution in [-0.4, -0.2) is 35.7 Å². The number of nitrogens with zero attached hydrogens (tertiary/aromatic N) is 7. The van der Waals surface area contributed by atoms with Crippen LogP contribution in [0.4, 0.5) is 23.5 Å². The van der Waals surface area contributed by atoms with E-state index in [1.165, 1.54) is 13.2 Å². The molecule has 0 radical (unpaired) electrons. The van der Waals surface area contributed by atoms with Crippen molar-refractivity contribution >= 4 is 12.2 Å².